The first-order valence-electron chi connectivity index (χ1n) is 6.39. The van der Waals surface area contributed by atoms with E-state index in [9.17, 15) is 24.6 Å². The molecule has 0 aromatic heterocycles. The summed E-state index contributed by atoms with van der Waals surface area (Å²) in [5, 5.41) is 0. The van der Waals surface area contributed by atoms with E-state index in [0.29, 0.717) is 0 Å². The van der Waals surface area contributed by atoms with E-state index >= 15 is 0 Å². The zero-order valence-corrected chi connectivity index (χ0v) is 15.6. The third-order valence-corrected chi connectivity index (χ3v) is 4.45. The van der Waals surface area contributed by atoms with Crippen LogP contribution in [0.25, 0.3) is 0 Å². The molecule has 23 heavy (non-hydrogen) atoms. The lowest BCUT2D eigenvalue weighted by Crippen LogP contribution is -2.16. The summed E-state index contributed by atoms with van der Waals surface area (Å²) in [6.07, 6.45) is 0. The summed E-state index contributed by atoms with van der Waals surface area (Å²) < 4.78 is 72.7. The van der Waals surface area contributed by atoms with E-state index in [1.165, 1.54) is 13.0 Å². The molecule has 0 aliphatic rings. The van der Waals surface area contributed by atoms with Crippen LogP contribution in [0.2, 0.25) is 19.6 Å². The number of rotatable bonds is 4. The highest BCUT2D eigenvalue weighted by Gasteiger charge is 2.18. The minimum atomic E-state index is -5.30. The van der Waals surface area contributed by atoms with Gasteiger partial charge in [0.15, 0.2) is 0 Å². The van der Waals surface area contributed by atoms with Crippen molar-refractivity contribution in [2.75, 3.05) is 0 Å². The van der Waals surface area contributed by atoms with Gasteiger partial charge in [-0.15, -0.1) is 9.43 Å². The zero-order chi connectivity index (χ0) is 18.1. The Morgan fingerprint density at radius 3 is 2.13 bits per heavy atom. The van der Waals surface area contributed by atoms with Crippen LogP contribution in [0.1, 0.15) is 16.7 Å². The van der Waals surface area contributed by atoms with Crippen LogP contribution >= 0.6 is 0 Å². The van der Waals surface area contributed by atoms with Crippen LogP contribution < -0.4 is 4.18 Å². The van der Waals surface area contributed by atoms with Gasteiger partial charge in [-0.3, -0.25) is 0 Å². The smallest absolute Gasteiger partial charge is 0.358 e. The highest BCUT2D eigenvalue weighted by molar-refractivity contribution is 7.85. The van der Waals surface area contributed by atoms with Crippen molar-refractivity contribution in [3.63, 3.8) is 0 Å². The molecule has 1 rings (SSSR count). The van der Waals surface area contributed by atoms with Crippen LogP contribution in [0.5, 0.6) is 5.75 Å². The molecule has 1 aromatic carbocycles. The minimum absolute atomic E-state index is 0.0865. The minimum Gasteiger partial charge on any atom is -0.358 e. The first-order chi connectivity index (χ1) is 10.2. The number of benzene rings is 1. The van der Waals surface area contributed by atoms with Crippen molar-refractivity contribution >= 4 is 28.8 Å². The van der Waals surface area contributed by atoms with Gasteiger partial charge in [0.2, 0.25) is 0 Å². The van der Waals surface area contributed by atoms with E-state index in [4.69, 9.17) is 0 Å². The van der Waals surface area contributed by atoms with Gasteiger partial charge in [0.25, 0.3) is 0 Å². The van der Waals surface area contributed by atoms with Gasteiger partial charge in [-0.25, -0.2) is 0 Å². The largest absolute Gasteiger partial charge is 0.488 e. The summed E-state index contributed by atoms with van der Waals surface area (Å²) in [4.78, 5) is 0. The number of halogens is 2. The molecule has 0 amide bonds. The molecular formula is C13H16F2O5S2Si. The zero-order valence-electron chi connectivity index (χ0n) is 13.0. The third kappa shape index (κ3) is 7.58. The molecule has 0 aliphatic carbocycles. The Balaban J connectivity index is 3.51. The fourth-order valence-electron chi connectivity index (χ4n) is 1.61. The maximum atomic E-state index is 12.9. The van der Waals surface area contributed by atoms with Crippen molar-refractivity contribution in [2.24, 2.45) is 0 Å². The molecule has 128 valence electrons. The molecule has 0 unspecified atom stereocenters. The maximum absolute atomic E-state index is 12.9. The topological polar surface area (TPSA) is 77.5 Å². The first-order valence-corrected chi connectivity index (χ1v) is 12.8. The molecule has 0 spiro atoms. The summed E-state index contributed by atoms with van der Waals surface area (Å²) in [6.45, 7) is 7.35. The molecule has 5 nitrogen and oxygen atoms in total. The molecule has 0 heterocycles. The molecule has 0 saturated heterocycles. The summed E-state index contributed by atoms with van der Waals surface area (Å²) in [5.41, 5.74) is 3.40. The fourth-order valence-corrected chi connectivity index (χ4v) is 3.07. The molecule has 0 saturated carbocycles. The van der Waals surface area contributed by atoms with Crippen molar-refractivity contribution in [1.29, 1.82) is 0 Å². The summed E-state index contributed by atoms with van der Waals surface area (Å²) in [5.74, 6) is 1.39. The van der Waals surface area contributed by atoms with E-state index in [1.54, 1.807) is 0 Å². The quantitative estimate of drug-likeness (QED) is 0.454. The van der Waals surface area contributed by atoms with Crippen LogP contribution in [-0.2, 0) is 26.5 Å². The van der Waals surface area contributed by atoms with Gasteiger partial charge < -0.3 is 4.18 Å². The van der Waals surface area contributed by atoms with Crippen LogP contribution in [0.4, 0.5) is 7.77 Å². The van der Waals surface area contributed by atoms with E-state index < -0.39 is 40.3 Å². The van der Waals surface area contributed by atoms with Gasteiger partial charge in [0.05, 0.1) is 0 Å². The average molecular weight is 382 g/mol. The molecule has 0 N–H and O–H groups in total. The van der Waals surface area contributed by atoms with Crippen molar-refractivity contribution in [1.82, 2.24) is 0 Å². The molecule has 0 aliphatic heterocycles. The predicted molar refractivity (Wildman–Crippen MR) is 85.8 cm³/mol. The summed E-state index contributed by atoms with van der Waals surface area (Å²) in [7, 11) is -11.9. The molecule has 10 heteroatoms. The van der Waals surface area contributed by atoms with Crippen molar-refractivity contribution in [3.8, 4) is 17.2 Å². The Labute approximate surface area is 136 Å². The predicted octanol–water partition coefficient (Wildman–Crippen LogP) is 2.62. The van der Waals surface area contributed by atoms with Crippen LogP contribution in [0, 0.1) is 18.4 Å². The lowest BCUT2D eigenvalue weighted by Gasteiger charge is -2.10. The Hall–Kier alpha value is -1.44. The number of hydrogen-bond acceptors (Lipinski definition) is 5. The van der Waals surface area contributed by atoms with Gasteiger partial charge in [0, 0.05) is 11.1 Å². The van der Waals surface area contributed by atoms with Gasteiger partial charge in [0.1, 0.15) is 19.6 Å². The van der Waals surface area contributed by atoms with Crippen molar-refractivity contribution in [3.05, 3.63) is 28.8 Å². The number of hydrogen-bond donors (Lipinski definition) is 0. The van der Waals surface area contributed by atoms with Crippen molar-refractivity contribution in [2.45, 2.75) is 32.3 Å². The van der Waals surface area contributed by atoms with E-state index in [0.717, 1.165) is 6.07 Å². The molecule has 0 radical (unpaired) electrons. The van der Waals surface area contributed by atoms with E-state index in [1.807, 2.05) is 19.6 Å². The second-order valence-electron chi connectivity index (χ2n) is 5.93. The monoisotopic (exact) mass is 382 g/mol. The second kappa shape index (κ2) is 6.58. The normalized spacial score (nSPS) is 12.4. The van der Waals surface area contributed by atoms with Gasteiger partial charge in [-0.05, 0) is 24.6 Å². The highest BCUT2D eigenvalue weighted by atomic mass is 32.3. The Bertz CT molecular complexity index is 875. The van der Waals surface area contributed by atoms with E-state index in [2.05, 4.69) is 15.6 Å². The summed E-state index contributed by atoms with van der Waals surface area (Å²) >= 11 is 0. The van der Waals surface area contributed by atoms with Gasteiger partial charge in [-0.1, -0.05) is 29.4 Å². The molecule has 0 fully saturated rings. The SMILES string of the molecule is Cc1c(C#C[Si](C)(C)C)cc(CS(=O)(=O)F)cc1OS(=O)(=O)F. The molecular weight excluding hydrogens is 366 g/mol. The van der Waals surface area contributed by atoms with Crippen LogP contribution in [0.15, 0.2) is 12.1 Å². The Kier molecular flexibility index (Phi) is 5.61. The maximum Gasteiger partial charge on any atom is 0.488 e. The molecule has 1 aromatic rings. The lowest BCUT2D eigenvalue weighted by molar-refractivity contribution is 0.438. The van der Waals surface area contributed by atoms with Crippen LogP contribution in [0.3, 0.4) is 0 Å². The molecule has 0 bridgehead atoms. The van der Waals surface area contributed by atoms with Crippen LogP contribution in [-0.4, -0.2) is 24.9 Å². The lowest BCUT2D eigenvalue weighted by atomic mass is 10.1. The fraction of sp³-hybridized carbons (Fsp3) is 0.385. The third-order valence-electron chi connectivity index (χ3n) is 2.52. The standard InChI is InChI=1S/C13H16F2O5S2Si/c1-10-12(5-6-23(2,3)4)7-11(9-21(14,16)17)8-13(10)20-22(15,18)19/h7-8H,9H2,1-4H3. The summed E-state index contributed by atoms with van der Waals surface area (Å²) in [6, 6.07) is 2.28. The Morgan fingerprint density at radius 1 is 1.13 bits per heavy atom. The second-order valence-corrected chi connectivity index (χ2v) is 13.0. The Morgan fingerprint density at radius 2 is 1.70 bits per heavy atom. The van der Waals surface area contributed by atoms with Gasteiger partial charge >= 0.3 is 20.7 Å². The first kappa shape index (κ1) is 19.6. The molecule has 0 atom stereocenters. The average Bonchev–Trinajstić information content (AvgIpc) is 2.26. The van der Waals surface area contributed by atoms with Crippen molar-refractivity contribution < 1.29 is 28.8 Å². The van der Waals surface area contributed by atoms with E-state index in [-0.39, 0.29) is 16.7 Å². The highest BCUT2D eigenvalue weighted by Crippen LogP contribution is 2.27. The van der Waals surface area contributed by atoms with Gasteiger partial charge in [-0.2, -0.15) is 16.8 Å².